The highest BCUT2D eigenvalue weighted by atomic mass is 31.2. The summed E-state index contributed by atoms with van der Waals surface area (Å²) in [5.74, 6) is -0.861. The fraction of sp³-hybridized carbons (Fsp3) is 0.893. The summed E-state index contributed by atoms with van der Waals surface area (Å²) < 4.78 is 34.1. The normalized spacial score (nSPS) is 13.5. The number of hydrogen-bond acceptors (Lipinski definition) is 8. The summed E-state index contributed by atoms with van der Waals surface area (Å²) in [6.45, 7) is 4.25. The van der Waals surface area contributed by atoms with Crippen LogP contribution in [-0.4, -0.2) is 70.0 Å². The molecule has 2 atom stereocenters. The molecule has 0 aliphatic carbocycles. The standard InChI is InChI=1S/C56H108NO8P/c1-6-8-10-12-14-16-18-20-22-24-26-27-28-29-31-32-34-36-38-40-42-44-46-48-55(58)62-52-54(53-64-66(60,61)63-51-50-57(3,4)5)65-56(59)49-47-45-43-41-39-37-35-33-30-25-23-21-19-17-15-13-11-9-7-2/h21,23,40,42,54H,6-20,22,24-39,41,43-53H2,1-5H3/b23-21+,42-40+/t54-/m1/s1. The zero-order chi connectivity index (χ0) is 48.5. The maximum absolute atomic E-state index is 12.8. The number of carbonyl (C=O) groups excluding carboxylic acids is 2. The van der Waals surface area contributed by atoms with Crippen molar-refractivity contribution >= 4 is 19.8 Å². The van der Waals surface area contributed by atoms with Crippen molar-refractivity contribution in [2.45, 2.75) is 277 Å². The number of hydrogen-bond donors (Lipinski definition) is 0. The lowest BCUT2D eigenvalue weighted by molar-refractivity contribution is -0.870. The molecular weight excluding hydrogens is 846 g/mol. The molecule has 0 aliphatic heterocycles. The quantitative estimate of drug-likeness (QED) is 0.0195. The first kappa shape index (κ1) is 64.5. The summed E-state index contributed by atoms with van der Waals surface area (Å²) in [5.41, 5.74) is 0. The Balaban J connectivity index is 4.19. The van der Waals surface area contributed by atoms with Gasteiger partial charge in [0.15, 0.2) is 6.10 Å². The third kappa shape index (κ3) is 51.9. The minimum absolute atomic E-state index is 0.0330. The van der Waals surface area contributed by atoms with Gasteiger partial charge in [0.25, 0.3) is 7.82 Å². The van der Waals surface area contributed by atoms with E-state index in [1.165, 1.54) is 199 Å². The van der Waals surface area contributed by atoms with Crippen molar-refractivity contribution in [2.24, 2.45) is 0 Å². The van der Waals surface area contributed by atoms with Crippen molar-refractivity contribution < 1.29 is 42.1 Å². The van der Waals surface area contributed by atoms with Crippen molar-refractivity contribution in [3.05, 3.63) is 24.3 Å². The van der Waals surface area contributed by atoms with Gasteiger partial charge in [0.05, 0.1) is 27.7 Å². The lowest BCUT2D eigenvalue weighted by Gasteiger charge is -2.28. The average Bonchev–Trinajstić information content (AvgIpc) is 3.27. The van der Waals surface area contributed by atoms with Crippen LogP contribution in [0.5, 0.6) is 0 Å². The Morgan fingerprint density at radius 3 is 1.17 bits per heavy atom. The van der Waals surface area contributed by atoms with Crippen molar-refractivity contribution in [3.63, 3.8) is 0 Å². The molecule has 0 N–H and O–H groups in total. The van der Waals surface area contributed by atoms with Gasteiger partial charge >= 0.3 is 11.9 Å². The summed E-state index contributed by atoms with van der Waals surface area (Å²) in [7, 11) is 1.16. The summed E-state index contributed by atoms with van der Waals surface area (Å²) >= 11 is 0. The van der Waals surface area contributed by atoms with Gasteiger partial charge in [-0.3, -0.25) is 14.2 Å². The van der Waals surface area contributed by atoms with Gasteiger partial charge in [-0.25, -0.2) is 0 Å². The smallest absolute Gasteiger partial charge is 0.306 e. The summed E-state index contributed by atoms with van der Waals surface area (Å²) in [6, 6.07) is 0. The van der Waals surface area contributed by atoms with E-state index in [1.54, 1.807) is 0 Å². The summed E-state index contributed by atoms with van der Waals surface area (Å²) in [5, 5.41) is 0. The predicted octanol–water partition coefficient (Wildman–Crippen LogP) is 16.4. The zero-order valence-electron chi connectivity index (χ0n) is 44.2. The van der Waals surface area contributed by atoms with Crippen LogP contribution >= 0.6 is 7.82 Å². The van der Waals surface area contributed by atoms with Crippen molar-refractivity contribution in [3.8, 4) is 0 Å². The third-order valence-electron chi connectivity index (χ3n) is 12.4. The van der Waals surface area contributed by atoms with E-state index in [1.807, 2.05) is 21.1 Å². The molecule has 0 rings (SSSR count). The molecule has 0 radical (unpaired) electrons. The Kier molecular flexibility index (Phi) is 47.4. The topological polar surface area (TPSA) is 111 Å². The second-order valence-electron chi connectivity index (χ2n) is 20.3. The monoisotopic (exact) mass is 954 g/mol. The molecular formula is C56H108NO8P. The number of rotatable bonds is 52. The highest BCUT2D eigenvalue weighted by Crippen LogP contribution is 2.38. The molecule has 0 heterocycles. The van der Waals surface area contributed by atoms with Crippen LogP contribution < -0.4 is 4.89 Å². The second kappa shape index (κ2) is 48.5. The molecule has 66 heavy (non-hydrogen) atoms. The highest BCUT2D eigenvalue weighted by Gasteiger charge is 2.21. The van der Waals surface area contributed by atoms with Gasteiger partial charge in [0.1, 0.15) is 19.8 Å². The van der Waals surface area contributed by atoms with E-state index in [9.17, 15) is 19.0 Å². The van der Waals surface area contributed by atoms with E-state index < -0.39 is 32.5 Å². The molecule has 390 valence electrons. The van der Waals surface area contributed by atoms with Crippen LogP contribution in [0.4, 0.5) is 0 Å². The summed E-state index contributed by atoms with van der Waals surface area (Å²) in [6.07, 6.45) is 56.6. The number of allylic oxidation sites excluding steroid dienone is 4. The number of phosphoric ester groups is 1. The lowest BCUT2D eigenvalue weighted by Crippen LogP contribution is -2.37. The fourth-order valence-corrected chi connectivity index (χ4v) is 8.80. The number of esters is 2. The number of quaternary nitrogens is 1. The molecule has 0 aromatic carbocycles. The number of carbonyl (C=O) groups is 2. The van der Waals surface area contributed by atoms with Gasteiger partial charge in [-0.15, -0.1) is 0 Å². The average molecular weight is 954 g/mol. The van der Waals surface area contributed by atoms with E-state index in [4.69, 9.17) is 18.5 Å². The molecule has 0 bridgehead atoms. The maximum Gasteiger partial charge on any atom is 0.306 e. The Bertz CT molecular complexity index is 1170. The van der Waals surface area contributed by atoms with Crippen LogP contribution in [0.3, 0.4) is 0 Å². The van der Waals surface area contributed by atoms with E-state index in [2.05, 4.69) is 38.2 Å². The fourth-order valence-electron chi connectivity index (χ4n) is 8.07. The molecule has 0 aromatic rings. The number of likely N-dealkylation sites (N-methyl/N-ethyl adjacent to an activating group) is 1. The zero-order valence-corrected chi connectivity index (χ0v) is 45.1. The first-order chi connectivity index (χ1) is 32.0. The van der Waals surface area contributed by atoms with Crippen LogP contribution in [0.2, 0.25) is 0 Å². The molecule has 1 unspecified atom stereocenters. The van der Waals surface area contributed by atoms with E-state index in [0.717, 1.165) is 32.1 Å². The molecule has 0 aromatic heterocycles. The van der Waals surface area contributed by atoms with Crippen LogP contribution in [0.15, 0.2) is 24.3 Å². The number of unbranched alkanes of at least 4 members (excludes halogenated alkanes) is 34. The van der Waals surface area contributed by atoms with Crippen LogP contribution in [0.25, 0.3) is 0 Å². The van der Waals surface area contributed by atoms with Gasteiger partial charge in [-0.1, -0.05) is 224 Å². The van der Waals surface area contributed by atoms with Gasteiger partial charge in [0.2, 0.25) is 0 Å². The van der Waals surface area contributed by atoms with Crippen LogP contribution in [0, 0.1) is 0 Å². The number of nitrogens with zero attached hydrogens (tertiary/aromatic N) is 1. The number of phosphoric acid groups is 1. The highest BCUT2D eigenvalue weighted by molar-refractivity contribution is 7.45. The largest absolute Gasteiger partial charge is 0.756 e. The number of ether oxygens (including phenoxy) is 2. The second-order valence-corrected chi connectivity index (χ2v) is 21.7. The third-order valence-corrected chi connectivity index (χ3v) is 13.4. The molecule has 0 spiro atoms. The Hall–Kier alpha value is -1.51. The first-order valence-electron chi connectivity index (χ1n) is 28.0. The minimum atomic E-state index is -4.64. The molecule has 0 saturated carbocycles. The summed E-state index contributed by atoms with van der Waals surface area (Å²) in [4.78, 5) is 37.8. The van der Waals surface area contributed by atoms with Gasteiger partial charge in [0, 0.05) is 12.8 Å². The van der Waals surface area contributed by atoms with Crippen molar-refractivity contribution in [1.82, 2.24) is 0 Å². The van der Waals surface area contributed by atoms with Gasteiger partial charge in [-0.05, 0) is 57.8 Å². The maximum atomic E-state index is 12.8. The molecule has 0 saturated heterocycles. The van der Waals surface area contributed by atoms with Gasteiger partial charge in [-0.2, -0.15) is 0 Å². The van der Waals surface area contributed by atoms with E-state index in [-0.39, 0.29) is 26.1 Å². The van der Waals surface area contributed by atoms with Crippen molar-refractivity contribution in [2.75, 3.05) is 47.5 Å². The molecule has 0 aliphatic rings. The Morgan fingerprint density at radius 1 is 0.455 bits per heavy atom. The van der Waals surface area contributed by atoms with E-state index >= 15 is 0 Å². The first-order valence-corrected chi connectivity index (χ1v) is 29.5. The Morgan fingerprint density at radius 2 is 0.788 bits per heavy atom. The Labute approximate surface area is 409 Å². The molecule has 10 heteroatoms. The molecule has 0 amide bonds. The SMILES string of the molecule is CCCCCCCC/C=C/CCCCCCCCCCCC(=O)O[C@H](COC(=O)CCC/C=C/CCCCCCCCCCCCCCCCCCCC)COP(=O)([O-])OCC[N+](C)(C)C. The van der Waals surface area contributed by atoms with Crippen molar-refractivity contribution in [1.29, 1.82) is 0 Å². The van der Waals surface area contributed by atoms with Crippen LogP contribution in [-0.2, 0) is 32.7 Å². The van der Waals surface area contributed by atoms with Gasteiger partial charge < -0.3 is 27.9 Å². The van der Waals surface area contributed by atoms with E-state index in [0.29, 0.717) is 23.9 Å². The predicted molar refractivity (Wildman–Crippen MR) is 278 cm³/mol. The molecule has 9 nitrogen and oxygen atoms in total. The lowest BCUT2D eigenvalue weighted by atomic mass is 10.0. The molecule has 0 fully saturated rings. The van der Waals surface area contributed by atoms with Crippen LogP contribution in [0.1, 0.15) is 271 Å². The minimum Gasteiger partial charge on any atom is -0.756 e.